The van der Waals surface area contributed by atoms with Crippen molar-refractivity contribution in [2.75, 3.05) is 12.8 Å². The highest BCUT2D eigenvalue weighted by Gasteiger charge is 2.19. The van der Waals surface area contributed by atoms with E-state index in [0.717, 1.165) is 29.4 Å². The first-order chi connectivity index (χ1) is 9.10. The van der Waals surface area contributed by atoms with Crippen molar-refractivity contribution in [3.05, 3.63) is 30.1 Å². The molecule has 0 saturated carbocycles. The van der Waals surface area contributed by atoms with E-state index in [1.54, 1.807) is 7.11 Å². The molecule has 2 rings (SSSR count). The summed E-state index contributed by atoms with van der Waals surface area (Å²) in [7, 11) is 1.66. The highest BCUT2D eigenvalue weighted by atomic mass is 16.5. The average Bonchev–Trinajstić information content (AvgIpc) is 2.75. The maximum Gasteiger partial charge on any atom is 0.131 e. The second kappa shape index (κ2) is 5.34. The zero-order valence-corrected chi connectivity index (χ0v) is 12.0. The highest BCUT2D eigenvalue weighted by Crippen LogP contribution is 2.34. The number of methoxy groups -OCH3 is 1. The fraction of sp³-hybridized carbons (Fsp3) is 0.400. The number of rotatable bonds is 4. The first kappa shape index (κ1) is 13.5. The van der Waals surface area contributed by atoms with Crippen LogP contribution in [0.3, 0.4) is 0 Å². The third-order valence-electron chi connectivity index (χ3n) is 3.23. The van der Waals surface area contributed by atoms with Gasteiger partial charge in [0.25, 0.3) is 0 Å². The van der Waals surface area contributed by atoms with E-state index < -0.39 is 0 Å². The predicted octanol–water partition coefficient (Wildman–Crippen LogP) is 3.28. The Morgan fingerprint density at radius 1 is 1.32 bits per heavy atom. The van der Waals surface area contributed by atoms with Crippen LogP contribution in [0.1, 0.15) is 32.5 Å². The minimum Gasteiger partial charge on any atom is -0.496 e. The summed E-state index contributed by atoms with van der Waals surface area (Å²) in [4.78, 5) is 4.72. The Bertz CT molecular complexity index is 573. The number of nitrogens with two attached hydrogens (primary N) is 1. The number of nitrogens with zero attached hydrogens (tertiary/aromatic N) is 2. The fourth-order valence-electron chi connectivity index (χ4n) is 2.30. The fourth-order valence-corrected chi connectivity index (χ4v) is 2.30. The topological polar surface area (TPSA) is 53.1 Å². The lowest BCUT2D eigenvalue weighted by Crippen LogP contribution is -2.06. The van der Waals surface area contributed by atoms with Gasteiger partial charge in [0.2, 0.25) is 0 Å². The zero-order chi connectivity index (χ0) is 14.0. The Morgan fingerprint density at radius 3 is 2.53 bits per heavy atom. The molecule has 19 heavy (non-hydrogen) atoms. The summed E-state index contributed by atoms with van der Waals surface area (Å²) in [6.45, 7) is 7.15. The van der Waals surface area contributed by atoms with Crippen molar-refractivity contribution in [1.82, 2.24) is 9.55 Å². The van der Waals surface area contributed by atoms with Crippen LogP contribution in [0.15, 0.2) is 24.3 Å². The van der Waals surface area contributed by atoms with Crippen molar-refractivity contribution in [2.45, 2.75) is 33.2 Å². The molecule has 0 unspecified atom stereocenters. The number of hydrogen-bond acceptors (Lipinski definition) is 3. The number of hydrogen-bond donors (Lipinski definition) is 1. The molecule has 2 N–H and O–H groups in total. The summed E-state index contributed by atoms with van der Waals surface area (Å²) in [5.41, 5.74) is 8.00. The van der Waals surface area contributed by atoms with Crippen molar-refractivity contribution in [3.63, 3.8) is 0 Å². The molecule has 0 amide bonds. The number of nitrogen functional groups attached to an aromatic ring is 1. The van der Waals surface area contributed by atoms with Crippen LogP contribution in [0.4, 0.5) is 5.82 Å². The number of aromatic nitrogens is 2. The molecule has 0 aliphatic heterocycles. The standard InChI is InChI=1S/C15H21N3O/c1-5-18-14(16)13(17-15(18)10(2)3)11-8-6-7-9-12(11)19-4/h6-10H,5,16H2,1-4H3. The van der Waals surface area contributed by atoms with Crippen LogP contribution in [-0.4, -0.2) is 16.7 Å². The lowest BCUT2D eigenvalue weighted by molar-refractivity contribution is 0.416. The summed E-state index contributed by atoms with van der Waals surface area (Å²) < 4.78 is 7.46. The molecule has 0 fully saturated rings. The molecule has 1 heterocycles. The second-order valence-electron chi connectivity index (χ2n) is 4.80. The van der Waals surface area contributed by atoms with E-state index in [1.807, 2.05) is 24.3 Å². The normalized spacial score (nSPS) is 11.0. The molecule has 0 aliphatic rings. The number of imidazole rings is 1. The van der Waals surface area contributed by atoms with Crippen LogP contribution in [0.5, 0.6) is 5.75 Å². The summed E-state index contributed by atoms with van der Waals surface area (Å²) in [6.07, 6.45) is 0. The van der Waals surface area contributed by atoms with Gasteiger partial charge in [0.15, 0.2) is 0 Å². The molecule has 4 nitrogen and oxygen atoms in total. The largest absolute Gasteiger partial charge is 0.496 e. The molecular weight excluding hydrogens is 238 g/mol. The van der Waals surface area contributed by atoms with Crippen molar-refractivity contribution >= 4 is 5.82 Å². The smallest absolute Gasteiger partial charge is 0.131 e. The average molecular weight is 259 g/mol. The number of ether oxygens (including phenoxy) is 1. The van der Waals surface area contributed by atoms with Gasteiger partial charge in [-0.05, 0) is 19.1 Å². The van der Waals surface area contributed by atoms with Crippen LogP contribution in [0, 0.1) is 0 Å². The van der Waals surface area contributed by atoms with Gasteiger partial charge < -0.3 is 15.0 Å². The van der Waals surface area contributed by atoms with E-state index in [9.17, 15) is 0 Å². The molecule has 1 aromatic heterocycles. The third-order valence-corrected chi connectivity index (χ3v) is 3.23. The predicted molar refractivity (Wildman–Crippen MR) is 78.4 cm³/mol. The Balaban J connectivity index is 2.63. The maximum absolute atomic E-state index is 6.25. The maximum atomic E-state index is 6.25. The molecule has 4 heteroatoms. The van der Waals surface area contributed by atoms with E-state index in [2.05, 4.69) is 25.3 Å². The van der Waals surface area contributed by atoms with Crippen LogP contribution in [0.2, 0.25) is 0 Å². The Morgan fingerprint density at radius 2 is 2.00 bits per heavy atom. The van der Waals surface area contributed by atoms with Gasteiger partial charge in [0.05, 0.1) is 7.11 Å². The second-order valence-corrected chi connectivity index (χ2v) is 4.80. The van der Waals surface area contributed by atoms with E-state index >= 15 is 0 Å². The molecule has 0 radical (unpaired) electrons. The van der Waals surface area contributed by atoms with Crippen molar-refractivity contribution < 1.29 is 4.74 Å². The monoisotopic (exact) mass is 259 g/mol. The molecule has 0 bridgehead atoms. The minimum absolute atomic E-state index is 0.339. The van der Waals surface area contributed by atoms with Gasteiger partial charge in [0.1, 0.15) is 23.1 Å². The Labute approximate surface area is 114 Å². The van der Waals surface area contributed by atoms with Crippen molar-refractivity contribution in [3.8, 4) is 17.0 Å². The molecule has 2 aromatic rings. The number of benzene rings is 1. The summed E-state index contributed by atoms with van der Waals surface area (Å²) in [5, 5.41) is 0. The quantitative estimate of drug-likeness (QED) is 0.916. The van der Waals surface area contributed by atoms with Gasteiger partial charge in [-0.15, -0.1) is 0 Å². The van der Waals surface area contributed by atoms with E-state index in [0.29, 0.717) is 11.7 Å². The third kappa shape index (κ3) is 2.30. The molecule has 1 aromatic carbocycles. The van der Waals surface area contributed by atoms with E-state index in [-0.39, 0.29) is 0 Å². The molecule has 102 valence electrons. The zero-order valence-electron chi connectivity index (χ0n) is 12.0. The van der Waals surface area contributed by atoms with Gasteiger partial charge in [-0.1, -0.05) is 26.0 Å². The van der Waals surface area contributed by atoms with Crippen LogP contribution >= 0.6 is 0 Å². The van der Waals surface area contributed by atoms with Crippen LogP contribution in [-0.2, 0) is 6.54 Å². The van der Waals surface area contributed by atoms with Gasteiger partial charge in [-0.2, -0.15) is 0 Å². The Kier molecular flexibility index (Phi) is 3.79. The van der Waals surface area contributed by atoms with Crippen molar-refractivity contribution in [1.29, 1.82) is 0 Å². The number of anilines is 1. The number of para-hydroxylation sites is 1. The molecule has 0 spiro atoms. The Hall–Kier alpha value is -1.97. The van der Waals surface area contributed by atoms with E-state index in [1.165, 1.54) is 0 Å². The van der Waals surface area contributed by atoms with Crippen LogP contribution in [0.25, 0.3) is 11.3 Å². The lowest BCUT2D eigenvalue weighted by Gasteiger charge is -2.09. The van der Waals surface area contributed by atoms with Gasteiger partial charge in [0, 0.05) is 18.0 Å². The molecule has 0 saturated heterocycles. The van der Waals surface area contributed by atoms with Crippen molar-refractivity contribution in [2.24, 2.45) is 0 Å². The van der Waals surface area contributed by atoms with E-state index in [4.69, 9.17) is 15.5 Å². The highest BCUT2D eigenvalue weighted by molar-refractivity contribution is 5.76. The summed E-state index contributed by atoms with van der Waals surface area (Å²) >= 11 is 0. The first-order valence-corrected chi connectivity index (χ1v) is 6.59. The summed E-state index contributed by atoms with van der Waals surface area (Å²) in [5.74, 6) is 2.85. The van der Waals surface area contributed by atoms with Gasteiger partial charge in [-0.3, -0.25) is 0 Å². The SMILES string of the molecule is CCn1c(C(C)C)nc(-c2ccccc2OC)c1N. The molecular formula is C15H21N3O. The van der Waals surface area contributed by atoms with Gasteiger partial charge >= 0.3 is 0 Å². The lowest BCUT2D eigenvalue weighted by atomic mass is 10.1. The molecule has 0 atom stereocenters. The minimum atomic E-state index is 0.339. The van der Waals surface area contributed by atoms with Crippen LogP contribution < -0.4 is 10.5 Å². The summed E-state index contributed by atoms with van der Waals surface area (Å²) in [6, 6.07) is 7.83. The first-order valence-electron chi connectivity index (χ1n) is 6.59. The molecule has 0 aliphatic carbocycles. The van der Waals surface area contributed by atoms with Gasteiger partial charge in [-0.25, -0.2) is 4.98 Å².